The summed E-state index contributed by atoms with van der Waals surface area (Å²) in [7, 11) is 1.64. The van der Waals surface area contributed by atoms with E-state index >= 15 is 0 Å². The lowest BCUT2D eigenvalue weighted by Gasteiger charge is -2.44. The van der Waals surface area contributed by atoms with E-state index < -0.39 is 0 Å². The summed E-state index contributed by atoms with van der Waals surface area (Å²) in [4.78, 5) is 27.6. The minimum atomic E-state index is -0.0348. The zero-order valence-corrected chi connectivity index (χ0v) is 17.9. The van der Waals surface area contributed by atoms with Gasteiger partial charge >= 0.3 is 0 Å². The first-order valence-corrected chi connectivity index (χ1v) is 11.2. The molecule has 3 saturated heterocycles. The average molecular weight is 417 g/mol. The third-order valence-corrected chi connectivity index (χ3v) is 7.00. The number of furan rings is 1. The second-order valence-corrected chi connectivity index (χ2v) is 8.87. The zero-order valence-electron chi connectivity index (χ0n) is 17.9. The summed E-state index contributed by atoms with van der Waals surface area (Å²) < 4.78 is 6.16. The SMILES string of the molecule is CNC(=O)Cc1ccccc1-c1cccc2cc(C(=O)C[C@H]3CN4CCC3CC4)oc12. The van der Waals surface area contributed by atoms with E-state index in [2.05, 4.69) is 10.2 Å². The molecule has 2 aromatic carbocycles. The van der Waals surface area contributed by atoms with E-state index in [1.807, 2.05) is 48.5 Å². The molecule has 1 amide bonds. The Morgan fingerprint density at radius 2 is 1.84 bits per heavy atom. The minimum absolute atomic E-state index is 0.0348. The van der Waals surface area contributed by atoms with E-state index in [9.17, 15) is 9.59 Å². The van der Waals surface area contributed by atoms with Gasteiger partial charge in [0.2, 0.25) is 5.91 Å². The second kappa shape index (κ2) is 8.31. The van der Waals surface area contributed by atoms with E-state index in [1.165, 1.54) is 25.9 Å². The molecule has 0 radical (unpaired) electrons. The Bertz CT molecular complexity index is 1120. The number of Topliss-reactive ketones (excluding diaryl/α,β-unsaturated/α-hetero) is 1. The second-order valence-electron chi connectivity index (χ2n) is 8.87. The first-order chi connectivity index (χ1) is 15.1. The number of ketones is 1. The Kier molecular flexibility index (Phi) is 5.36. The highest BCUT2D eigenvalue weighted by atomic mass is 16.3. The van der Waals surface area contributed by atoms with Crippen LogP contribution in [0.5, 0.6) is 0 Å². The third-order valence-electron chi connectivity index (χ3n) is 7.00. The number of rotatable bonds is 6. The van der Waals surface area contributed by atoms with E-state index in [0.717, 1.165) is 28.6 Å². The molecule has 6 rings (SSSR count). The Labute approximate surface area is 182 Å². The standard InChI is InChI=1S/C26H28N2O3/c1-27-25(30)15-18-5-2-3-7-21(18)22-8-4-6-19-14-24(31-26(19)22)23(29)13-20-16-28-11-9-17(20)10-12-28/h2-8,14,17,20H,9-13,15-16H2,1H3,(H,27,30)/t20-/m0/s1. The van der Waals surface area contributed by atoms with Gasteiger partial charge in [0.15, 0.2) is 11.5 Å². The van der Waals surface area contributed by atoms with Crippen LogP contribution in [-0.2, 0) is 11.2 Å². The van der Waals surface area contributed by atoms with Crippen LogP contribution < -0.4 is 5.32 Å². The lowest BCUT2D eigenvalue weighted by atomic mass is 9.76. The summed E-state index contributed by atoms with van der Waals surface area (Å²) in [5, 5.41) is 3.61. The van der Waals surface area contributed by atoms with Crippen LogP contribution in [0.3, 0.4) is 0 Å². The number of hydrogen-bond acceptors (Lipinski definition) is 4. The summed E-state index contributed by atoms with van der Waals surface area (Å²) in [6.07, 6.45) is 3.29. The number of fused-ring (bicyclic) bond motifs is 4. The molecule has 1 aromatic heterocycles. The molecule has 3 aliphatic heterocycles. The number of amides is 1. The van der Waals surface area contributed by atoms with Crippen molar-refractivity contribution in [1.82, 2.24) is 10.2 Å². The normalized spacial score (nSPS) is 22.5. The Hall–Kier alpha value is -2.92. The molecule has 160 valence electrons. The van der Waals surface area contributed by atoms with Gasteiger partial charge in [-0.15, -0.1) is 0 Å². The van der Waals surface area contributed by atoms with Gasteiger partial charge in [0.25, 0.3) is 0 Å². The molecule has 1 N–H and O–H groups in total. The maximum Gasteiger partial charge on any atom is 0.224 e. The summed E-state index contributed by atoms with van der Waals surface area (Å²) in [5.74, 6) is 1.62. The number of para-hydroxylation sites is 1. The van der Waals surface area contributed by atoms with Gasteiger partial charge in [-0.25, -0.2) is 0 Å². The molecule has 5 heteroatoms. The largest absolute Gasteiger partial charge is 0.452 e. The van der Waals surface area contributed by atoms with Gasteiger partial charge in [-0.1, -0.05) is 42.5 Å². The van der Waals surface area contributed by atoms with Gasteiger partial charge < -0.3 is 14.6 Å². The van der Waals surface area contributed by atoms with Gasteiger partial charge in [-0.05, 0) is 55.0 Å². The van der Waals surface area contributed by atoms with Gasteiger partial charge in [0.1, 0.15) is 5.58 Å². The molecule has 0 aliphatic carbocycles. The smallest absolute Gasteiger partial charge is 0.224 e. The van der Waals surface area contributed by atoms with Crippen molar-refractivity contribution in [2.45, 2.75) is 25.7 Å². The van der Waals surface area contributed by atoms with E-state index in [1.54, 1.807) is 7.05 Å². The highest BCUT2D eigenvalue weighted by Crippen LogP contribution is 2.37. The van der Waals surface area contributed by atoms with Crippen LogP contribution in [-0.4, -0.2) is 43.3 Å². The average Bonchev–Trinajstić information content (AvgIpc) is 3.25. The van der Waals surface area contributed by atoms with Crippen molar-refractivity contribution in [3.8, 4) is 11.1 Å². The number of benzene rings is 2. The van der Waals surface area contributed by atoms with Gasteiger partial charge in [-0.2, -0.15) is 0 Å². The van der Waals surface area contributed by atoms with Gasteiger partial charge in [0.05, 0.1) is 6.42 Å². The molecule has 31 heavy (non-hydrogen) atoms. The van der Waals surface area contributed by atoms with Crippen molar-refractivity contribution in [3.05, 3.63) is 59.9 Å². The van der Waals surface area contributed by atoms with Crippen molar-refractivity contribution in [3.63, 3.8) is 0 Å². The fourth-order valence-electron chi connectivity index (χ4n) is 5.27. The van der Waals surface area contributed by atoms with Crippen LogP contribution in [0.1, 0.15) is 35.4 Å². The number of likely N-dealkylation sites (N-methyl/N-ethyl adjacent to an activating group) is 1. The van der Waals surface area contributed by atoms with Crippen LogP contribution in [0.4, 0.5) is 0 Å². The molecular weight excluding hydrogens is 388 g/mol. The Morgan fingerprint density at radius 3 is 2.58 bits per heavy atom. The van der Waals surface area contributed by atoms with Crippen molar-refractivity contribution in [2.75, 3.05) is 26.7 Å². The van der Waals surface area contributed by atoms with Crippen molar-refractivity contribution in [2.24, 2.45) is 11.8 Å². The molecule has 3 aliphatic rings. The van der Waals surface area contributed by atoms with E-state index in [4.69, 9.17) is 4.42 Å². The number of carbonyl (C=O) groups excluding carboxylic acids is 2. The molecule has 0 spiro atoms. The summed E-state index contributed by atoms with van der Waals surface area (Å²) in [6.45, 7) is 3.40. The number of nitrogens with one attached hydrogen (secondary N) is 1. The molecular formula is C26H28N2O3. The molecule has 3 fully saturated rings. The van der Waals surface area contributed by atoms with E-state index in [-0.39, 0.29) is 11.7 Å². The first-order valence-electron chi connectivity index (χ1n) is 11.2. The van der Waals surface area contributed by atoms with Crippen molar-refractivity contribution in [1.29, 1.82) is 0 Å². The Morgan fingerprint density at radius 1 is 1.06 bits per heavy atom. The zero-order chi connectivity index (χ0) is 21.4. The Balaban J connectivity index is 1.45. The first kappa shape index (κ1) is 20.0. The van der Waals surface area contributed by atoms with Crippen molar-refractivity contribution < 1.29 is 14.0 Å². The highest BCUT2D eigenvalue weighted by Gasteiger charge is 2.35. The molecule has 2 bridgehead atoms. The van der Waals surface area contributed by atoms with Gasteiger partial charge in [-0.3, -0.25) is 9.59 Å². The number of nitrogens with zero attached hydrogens (tertiary/aromatic N) is 1. The summed E-state index contributed by atoms with van der Waals surface area (Å²) in [6, 6.07) is 15.7. The van der Waals surface area contributed by atoms with E-state index in [0.29, 0.717) is 36.0 Å². The lowest BCUT2D eigenvalue weighted by Crippen LogP contribution is -2.47. The van der Waals surface area contributed by atoms with Crippen LogP contribution in [0.2, 0.25) is 0 Å². The molecule has 0 unspecified atom stereocenters. The fourth-order valence-corrected chi connectivity index (χ4v) is 5.27. The fraction of sp³-hybridized carbons (Fsp3) is 0.385. The van der Waals surface area contributed by atoms with Crippen LogP contribution >= 0.6 is 0 Å². The van der Waals surface area contributed by atoms with Gasteiger partial charge in [0, 0.05) is 31.0 Å². The monoisotopic (exact) mass is 416 g/mol. The van der Waals surface area contributed by atoms with Crippen molar-refractivity contribution >= 4 is 22.7 Å². The number of hydrogen-bond donors (Lipinski definition) is 1. The number of carbonyl (C=O) groups is 2. The highest BCUT2D eigenvalue weighted by molar-refractivity contribution is 6.01. The lowest BCUT2D eigenvalue weighted by molar-refractivity contribution is -0.119. The van der Waals surface area contributed by atoms with Crippen LogP contribution in [0.15, 0.2) is 52.9 Å². The number of piperidine rings is 3. The predicted molar refractivity (Wildman–Crippen MR) is 121 cm³/mol. The maximum absolute atomic E-state index is 13.1. The summed E-state index contributed by atoms with van der Waals surface area (Å²) in [5.41, 5.74) is 3.52. The molecule has 4 heterocycles. The molecule has 5 nitrogen and oxygen atoms in total. The maximum atomic E-state index is 13.1. The van der Waals surface area contributed by atoms with Crippen LogP contribution in [0.25, 0.3) is 22.1 Å². The minimum Gasteiger partial charge on any atom is -0.452 e. The third kappa shape index (κ3) is 3.90. The van der Waals surface area contributed by atoms with Crippen LogP contribution in [0, 0.1) is 11.8 Å². The molecule has 3 aromatic rings. The molecule has 0 saturated carbocycles. The topological polar surface area (TPSA) is 62.6 Å². The predicted octanol–water partition coefficient (Wildman–Crippen LogP) is 4.30. The quantitative estimate of drug-likeness (QED) is 0.609. The molecule has 1 atom stereocenters. The summed E-state index contributed by atoms with van der Waals surface area (Å²) >= 11 is 0.